The van der Waals surface area contributed by atoms with Gasteiger partial charge in [0.1, 0.15) is 11.6 Å². The zero-order valence-electron chi connectivity index (χ0n) is 16.2. The number of rotatable bonds is 5. The van der Waals surface area contributed by atoms with Crippen molar-refractivity contribution < 1.29 is 5.11 Å². The van der Waals surface area contributed by atoms with Crippen molar-refractivity contribution in [3.8, 4) is 0 Å². The monoisotopic (exact) mass is 422 g/mol. The molecule has 3 heterocycles. The van der Waals surface area contributed by atoms with E-state index in [1.165, 1.54) is 19.3 Å². The summed E-state index contributed by atoms with van der Waals surface area (Å²) in [6.45, 7) is 3.80. The molecular formula is C21H28Cl2N4O. The van der Waals surface area contributed by atoms with Gasteiger partial charge in [-0.3, -0.25) is 0 Å². The van der Waals surface area contributed by atoms with Crippen molar-refractivity contribution in [1.82, 2.24) is 19.7 Å². The van der Waals surface area contributed by atoms with Crippen LogP contribution in [-0.4, -0.2) is 44.4 Å². The number of fused-ring (bicyclic) bond motifs is 1. The molecule has 28 heavy (non-hydrogen) atoms. The first-order valence-corrected chi connectivity index (χ1v) is 11.1. The van der Waals surface area contributed by atoms with E-state index in [2.05, 4.69) is 19.7 Å². The summed E-state index contributed by atoms with van der Waals surface area (Å²) in [7, 11) is 0. The molecule has 2 aliphatic heterocycles. The van der Waals surface area contributed by atoms with Gasteiger partial charge in [-0.05, 0) is 44.7 Å². The average molecular weight is 423 g/mol. The predicted molar refractivity (Wildman–Crippen MR) is 112 cm³/mol. The van der Waals surface area contributed by atoms with Crippen molar-refractivity contribution in [3.05, 3.63) is 45.5 Å². The highest BCUT2D eigenvalue weighted by Crippen LogP contribution is 2.39. The number of halogens is 2. The Hall–Kier alpha value is -1.14. The highest BCUT2D eigenvalue weighted by Gasteiger charge is 2.35. The van der Waals surface area contributed by atoms with Crippen molar-refractivity contribution in [3.63, 3.8) is 0 Å². The summed E-state index contributed by atoms with van der Waals surface area (Å²) < 4.78 is 2.34. The molecule has 5 nitrogen and oxygen atoms in total. The molecule has 152 valence electrons. The van der Waals surface area contributed by atoms with Gasteiger partial charge in [0.25, 0.3) is 0 Å². The zero-order valence-corrected chi connectivity index (χ0v) is 17.7. The van der Waals surface area contributed by atoms with E-state index in [0.717, 1.165) is 62.7 Å². The van der Waals surface area contributed by atoms with E-state index in [-0.39, 0.29) is 0 Å². The van der Waals surface area contributed by atoms with Crippen LogP contribution in [0.25, 0.3) is 0 Å². The van der Waals surface area contributed by atoms with Gasteiger partial charge in [0.2, 0.25) is 0 Å². The van der Waals surface area contributed by atoms with E-state index in [9.17, 15) is 5.11 Å². The second-order valence-corrected chi connectivity index (χ2v) is 8.86. The van der Waals surface area contributed by atoms with E-state index in [1.807, 2.05) is 12.1 Å². The fourth-order valence-electron chi connectivity index (χ4n) is 4.47. The van der Waals surface area contributed by atoms with E-state index >= 15 is 0 Å². The quantitative estimate of drug-likeness (QED) is 0.782. The highest BCUT2D eigenvalue weighted by atomic mass is 35.5. The van der Waals surface area contributed by atoms with Crippen LogP contribution in [0.1, 0.15) is 55.7 Å². The molecule has 0 saturated carbocycles. The minimum Gasteiger partial charge on any atom is -0.385 e. The first-order valence-electron chi connectivity index (χ1n) is 10.4. The normalized spacial score (nSPS) is 20.0. The Morgan fingerprint density at radius 2 is 1.86 bits per heavy atom. The number of hydrogen-bond donors (Lipinski definition) is 1. The Morgan fingerprint density at radius 1 is 1.04 bits per heavy atom. The molecule has 0 atom stereocenters. The Labute approximate surface area is 176 Å². The molecule has 0 aliphatic carbocycles. The highest BCUT2D eigenvalue weighted by molar-refractivity contribution is 6.42. The Bertz CT molecular complexity index is 815. The van der Waals surface area contributed by atoms with Gasteiger partial charge < -0.3 is 14.6 Å². The van der Waals surface area contributed by atoms with Crippen LogP contribution >= 0.6 is 23.2 Å². The number of piperidine rings is 1. The Balaban J connectivity index is 1.29. The maximum Gasteiger partial charge on any atom is 0.133 e. The van der Waals surface area contributed by atoms with Crippen LogP contribution in [0.15, 0.2) is 18.2 Å². The first-order chi connectivity index (χ1) is 13.6. The van der Waals surface area contributed by atoms with Crippen LogP contribution in [0.4, 0.5) is 0 Å². The average Bonchev–Trinajstić information content (AvgIpc) is 2.92. The van der Waals surface area contributed by atoms with Gasteiger partial charge in [0.05, 0.1) is 15.6 Å². The first kappa shape index (κ1) is 20.1. The molecule has 1 fully saturated rings. The third-order valence-electron chi connectivity index (χ3n) is 6.20. The number of benzene rings is 1. The Kier molecular flexibility index (Phi) is 6.26. The maximum atomic E-state index is 11.1. The molecule has 0 amide bonds. The lowest BCUT2D eigenvalue weighted by atomic mass is 9.84. The second kappa shape index (κ2) is 8.70. The predicted octanol–water partition coefficient (Wildman–Crippen LogP) is 4.23. The molecule has 1 aromatic heterocycles. The third-order valence-corrected chi connectivity index (χ3v) is 7.02. The third kappa shape index (κ3) is 4.23. The Morgan fingerprint density at radius 3 is 2.68 bits per heavy atom. The molecule has 7 heteroatoms. The molecule has 0 unspecified atom stereocenters. The van der Waals surface area contributed by atoms with Crippen LogP contribution < -0.4 is 0 Å². The van der Waals surface area contributed by atoms with Gasteiger partial charge in [-0.15, -0.1) is 10.2 Å². The van der Waals surface area contributed by atoms with E-state index in [4.69, 9.17) is 23.2 Å². The van der Waals surface area contributed by atoms with Crippen LogP contribution in [0, 0.1) is 0 Å². The van der Waals surface area contributed by atoms with Crippen molar-refractivity contribution in [2.24, 2.45) is 0 Å². The summed E-state index contributed by atoms with van der Waals surface area (Å²) >= 11 is 12.5. The van der Waals surface area contributed by atoms with Crippen molar-refractivity contribution >= 4 is 23.2 Å². The van der Waals surface area contributed by atoms with Gasteiger partial charge in [0, 0.05) is 38.0 Å². The largest absolute Gasteiger partial charge is 0.385 e. The summed E-state index contributed by atoms with van der Waals surface area (Å²) in [4.78, 5) is 2.42. The molecule has 1 aromatic carbocycles. The van der Waals surface area contributed by atoms with Crippen LogP contribution in [0.2, 0.25) is 10.0 Å². The molecule has 0 radical (unpaired) electrons. The van der Waals surface area contributed by atoms with E-state index < -0.39 is 5.60 Å². The molecule has 1 saturated heterocycles. The number of hydrogen-bond acceptors (Lipinski definition) is 4. The molecule has 0 bridgehead atoms. The summed E-state index contributed by atoms with van der Waals surface area (Å²) in [6, 6.07) is 5.51. The summed E-state index contributed by atoms with van der Waals surface area (Å²) in [6.07, 6.45) is 8.18. The molecule has 0 spiro atoms. The lowest BCUT2D eigenvalue weighted by molar-refractivity contribution is -0.0259. The SMILES string of the molecule is OC1(c2cccc(Cl)c2Cl)CCN(CCCc2nnc3n2CCCCC3)CC1. The number of likely N-dealkylation sites (tertiary alicyclic amines) is 1. The maximum absolute atomic E-state index is 11.1. The van der Waals surface area contributed by atoms with Gasteiger partial charge in [-0.25, -0.2) is 0 Å². The van der Waals surface area contributed by atoms with Crippen molar-refractivity contribution in [1.29, 1.82) is 0 Å². The van der Waals surface area contributed by atoms with Gasteiger partial charge >= 0.3 is 0 Å². The molecule has 1 N–H and O–H groups in total. The fraction of sp³-hybridized carbons (Fsp3) is 0.619. The smallest absolute Gasteiger partial charge is 0.133 e. The van der Waals surface area contributed by atoms with Crippen molar-refractivity contribution in [2.75, 3.05) is 19.6 Å². The molecular weight excluding hydrogens is 395 g/mol. The van der Waals surface area contributed by atoms with Crippen LogP contribution in [0.5, 0.6) is 0 Å². The van der Waals surface area contributed by atoms with Crippen LogP contribution in [-0.2, 0) is 25.0 Å². The standard InChI is InChI=1S/C21H28Cl2N4O/c22-17-7-4-6-16(20(17)23)21(28)10-14-26(15-11-21)12-5-9-19-25-24-18-8-2-1-3-13-27(18)19/h4,6-7,28H,1-3,5,8-15H2. The second-order valence-electron chi connectivity index (χ2n) is 8.07. The molecule has 4 rings (SSSR count). The summed E-state index contributed by atoms with van der Waals surface area (Å²) in [5.74, 6) is 2.30. The van der Waals surface area contributed by atoms with Gasteiger partial charge in [-0.2, -0.15) is 0 Å². The number of nitrogens with zero attached hydrogens (tertiary/aromatic N) is 4. The topological polar surface area (TPSA) is 54.2 Å². The summed E-state index contributed by atoms with van der Waals surface area (Å²) in [5, 5.41) is 20.9. The minimum atomic E-state index is -0.886. The summed E-state index contributed by atoms with van der Waals surface area (Å²) in [5.41, 5.74) is -0.129. The number of aliphatic hydroxyl groups is 1. The number of aromatic nitrogens is 3. The number of aryl methyl sites for hydroxylation is 2. The van der Waals surface area contributed by atoms with E-state index in [0.29, 0.717) is 22.9 Å². The minimum absolute atomic E-state index is 0.479. The van der Waals surface area contributed by atoms with Gasteiger partial charge in [0.15, 0.2) is 0 Å². The van der Waals surface area contributed by atoms with E-state index in [1.54, 1.807) is 6.07 Å². The molecule has 2 aliphatic rings. The molecule has 2 aromatic rings. The van der Waals surface area contributed by atoms with Gasteiger partial charge in [-0.1, -0.05) is 41.8 Å². The lowest BCUT2D eigenvalue weighted by Crippen LogP contribution is -2.43. The lowest BCUT2D eigenvalue weighted by Gasteiger charge is -2.39. The zero-order chi connectivity index (χ0) is 19.6. The van der Waals surface area contributed by atoms with Crippen molar-refractivity contribution in [2.45, 2.75) is 63.5 Å². The van der Waals surface area contributed by atoms with Crippen LogP contribution in [0.3, 0.4) is 0 Å². The fourth-order valence-corrected chi connectivity index (χ4v) is 4.95.